The van der Waals surface area contributed by atoms with Crippen LogP contribution in [0.5, 0.6) is 0 Å². The number of hydrogen-bond donors (Lipinski definition) is 1. The molecule has 0 fully saturated rings. The molecule has 1 unspecified atom stereocenters. The number of aromatic nitrogens is 1. The van der Waals surface area contributed by atoms with Crippen molar-refractivity contribution in [3.05, 3.63) is 46.2 Å². The summed E-state index contributed by atoms with van der Waals surface area (Å²) in [5.41, 5.74) is 3.29. The van der Waals surface area contributed by atoms with Crippen molar-refractivity contribution in [2.75, 3.05) is 24.5 Å². The summed E-state index contributed by atoms with van der Waals surface area (Å²) < 4.78 is 13.5. The third-order valence-electron chi connectivity index (χ3n) is 3.96. The Morgan fingerprint density at radius 3 is 3.19 bits per heavy atom. The Bertz CT molecular complexity index is 585. The third-order valence-corrected chi connectivity index (χ3v) is 4.66. The van der Waals surface area contributed by atoms with Gasteiger partial charge < -0.3 is 10.2 Å². The van der Waals surface area contributed by atoms with Crippen LogP contribution in [-0.4, -0.2) is 24.6 Å². The van der Waals surface area contributed by atoms with E-state index >= 15 is 0 Å². The van der Waals surface area contributed by atoms with E-state index in [9.17, 15) is 4.39 Å². The van der Waals surface area contributed by atoms with Gasteiger partial charge in [0.2, 0.25) is 0 Å². The standard InChI is InChI=1S/C16H20FN3S/c1-2-18-6-3-15(12-5-8-21-11-12)20-7-4-14-16(20)9-13(17)10-19-14/h5,8-11,15,18H,2-4,6-7H2,1H3. The first kappa shape index (κ1) is 14.5. The van der Waals surface area contributed by atoms with E-state index in [0.29, 0.717) is 6.04 Å². The van der Waals surface area contributed by atoms with E-state index in [2.05, 4.69) is 39.0 Å². The Hall–Kier alpha value is -1.46. The van der Waals surface area contributed by atoms with Crippen molar-refractivity contribution in [3.63, 3.8) is 0 Å². The van der Waals surface area contributed by atoms with Crippen molar-refractivity contribution in [1.29, 1.82) is 0 Å². The molecule has 0 aliphatic carbocycles. The summed E-state index contributed by atoms with van der Waals surface area (Å²) in [5.74, 6) is -0.253. The molecule has 21 heavy (non-hydrogen) atoms. The molecule has 112 valence electrons. The lowest BCUT2D eigenvalue weighted by atomic mass is 10.1. The smallest absolute Gasteiger partial charge is 0.143 e. The number of hydrogen-bond acceptors (Lipinski definition) is 4. The fraction of sp³-hybridized carbons (Fsp3) is 0.438. The average molecular weight is 305 g/mol. The Morgan fingerprint density at radius 2 is 2.43 bits per heavy atom. The van der Waals surface area contributed by atoms with E-state index in [4.69, 9.17) is 0 Å². The van der Waals surface area contributed by atoms with Gasteiger partial charge in [0, 0.05) is 19.0 Å². The molecule has 1 aliphatic heterocycles. The predicted octanol–water partition coefficient (Wildman–Crippen LogP) is 3.39. The maximum Gasteiger partial charge on any atom is 0.143 e. The first-order valence-electron chi connectivity index (χ1n) is 7.43. The van der Waals surface area contributed by atoms with Crippen molar-refractivity contribution in [3.8, 4) is 0 Å². The summed E-state index contributed by atoms with van der Waals surface area (Å²) in [7, 11) is 0. The SMILES string of the molecule is CCNCCC(c1ccsc1)N1CCc2ncc(F)cc21. The first-order valence-corrected chi connectivity index (χ1v) is 8.37. The molecular formula is C16H20FN3S. The Morgan fingerprint density at radius 1 is 1.52 bits per heavy atom. The lowest BCUT2D eigenvalue weighted by molar-refractivity contribution is 0.554. The van der Waals surface area contributed by atoms with Crippen LogP contribution >= 0.6 is 11.3 Å². The molecule has 0 radical (unpaired) electrons. The van der Waals surface area contributed by atoms with Crippen molar-refractivity contribution >= 4 is 17.0 Å². The summed E-state index contributed by atoms with van der Waals surface area (Å²) in [6.45, 7) is 4.97. The first-order chi connectivity index (χ1) is 10.3. The molecule has 3 heterocycles. The summed E-state index contributed by atoms with van der Waals surface area (Å²) in [4.78, 5) is 6.55. The van der Waals surface area contributed by atoms with Gasteiger partial charge in [0.25, 0.3) is 0 Å². The number of anilines is 1. The molecule has 0 bridgehead atoms. The molecule has 0 saturated heterocycles. The number of nitrogens with one attached hydrogen (secondary N) is 1. The molecule has 3 rings (SSSR count). The molecule has 2 aromatic rings. The molecule has 3 nitrogen and oxygen atoms in total. The van der Waals surface area contributed by atoms with Crippen LogP contribution in [0.3, 0.4) is 0 Å². The Kier molecular flexibility index (Phi) is 4.51. The predicted molar refractivity (Wildman–Crippen MR) is 85.5 cm³/mol. The summed E-state index contributed by atoms with van der Waals surface area (Å²) in [6, 6.07) is 4.09. The number of pyridine rings is 1. The van der Waals surface area contributed by atoms with Gasteiger partial charge in [-0.05, 0) is 41.9 Å². The van der Waals surface area contributed by atoms with Gasteiger partial charge in [0.05, 0.1) is 23.6 Å². The summed E-state index contributed by atoms with van der Waals surface area (Å²) >= 11 is 1.71. The van der Waals surface area contributed by atoms with Gasteiger partial charge in [0.1, 0.15) is 5.82 Å². The van der Waals surface area contributed by atoms with E-state index in [1.54, 1.807) is 17.4 Å². The number of rotatable bonds is 6. The summed E-state index contributed by atoms with van der Waals surface area (Å²) in [6.07, 6.45) is 3.23. The van der Waals surface area contributed by atoms with Crippen molar-refractivity contribution < 1.29 is 4.39 Å². The van der Waals surface area contributed by atoms with E-state index < -0.39 is 0 Å². The minimum Gasteiger partial charge on any atom is -0.362 e. The molecule has 0 saturated carbocycles. The molecule has 1 N–H and O–H groups in total. The molecule has 1 atom stereocenters. The Balaban J connectivity index is 1.86. The maximum absolute atomic E-state index is 13.5. The highest BCUT2D eigenvalue weighted by molar-refractivity contribution is 7.08. The molecule has 1 aliphatic rings. The highest BCUT2D eigenvalue weighted by atomic mass is 32.1. The van der Waals surface area contributed by atoms with Gasteiger partial charge in [0.15, 0.2) is 0 Å². The van der Waals surface area contributed by atoms with Gasteiger partial charge >= 0.3 is 0 Å². The van der Waals surface area contributed by atoms with Gasteiger partial charge in [-0.3, -0.25) is 4.98 Å². The van der Waals surface area contributed by atoms with Crippen molar-refractivity contribution in [2.45, 2.75) is 25.8 Å². The maximum atomic E-state index is 13.5. The highest BCUT2D eigenvalue weighted by Crippen LogP contribution is 2.36. The van der Waals surface area contributed by atoms with Crippen LogP contribution in [-0.2, 0) is 6.42 Å². The van der Waals surface area contributed by atoms with E-state index in [1.165, 1.54) is 11.8 Å². The monoisotopic (exact) mass is 305 g/mol. The quantitative estimate of drug-likeness (QED) is 0.829. The second kappa shape index (κ2) is 6.54. The second-order valence-electron chi connectivity index (χ2n) is 5.28. The number of halogens is 1. The van der Waals surface area contributed by atoms with E-state index in [1.807, 2.05) is 0 Å². The minimum absolute atomic E-state index is 0.253. The lowest BCUT2D eigenvalue weighted by Crippen LogP contribution is -2.29. The normalized spacial score (nSPS) is 15.2. The number of thiophene rings is 1. The van der Waals surface area contributed by atoms with Crippen molar-refractivity contribution in [1.82, 2.24) is 10.3 Å². The third kappa shape index (κ3) is 3.09. The minimum atomic E-state index is -0.253. The van der Waals surface area contributed by atoms with Crippen LogP contribution in [0.4, 0.5) is 10.1 Å². The number of fused-ring (bicyclic) bond motifs is 1. The zero-order chi connectivity index (χ0) is 14.7. The topological polar surface area (TPSA) is 28.2 Å². The van der Waals surface area contributed by atoms with Crippen LogP contribution in [0.2, 0.25) is 0 Å². The van der Waals surface area contributed by atoms with Gasteiger partial charge in [-0.15, -0.1) is 0 Å². The van der Waals surface area contributed by atoms with Crippen LogP contribution in [0.15, 0.2) is 29.1 Å². The fourth-order valence-electron chi connectivity index (χ4n) is 2.95. The van der Waals surface area contributed by atoms with Crippen LogP contribution < -0.4 is 10.2 Å². The molecule has 5 heteroatoms. The fourth-order valence-corrected chi connectivity index (χ4v) is 3.66. The second-order valence-corrected chi connectivity index (χ2v) is 6.06. The molecule has 2 aromatic heterocycles. The van der Waals surface area contributed by atoms with Gasteiger partial charge in [-0.25, -0.2) is 4.39 Å². The Labute approximate surface area is 128 Å². The zero-order valence-corrected chi connectivity index (χ0v) is 13.0. The van der Waals surface area contributed by atoms with E-state index in [-0.39, 0.29) is 5.82 Å². The molecular weight excluding hydrogens is 285 g/mol. The zero-order valence-electron chi connectivity index (χ0n) is 12.2. The lowest BCUT2D eigenvalue weighted by Gasteiger charge is -2.30. The van der Waals surface area contributed by atoms with Crippen LogP contribution in [0.1, 0.15) is 30.6 Å². The van der Waals surface area contributed by atoms with Crippen LogP contribution in [0.25, 0.3) is 0 Å². The molecule has 0 aromatic carbocycles. The number of nitrogens with zero attached hydrogens (tertiary/aromatic N) is 2. The van der Waals surface area contributed by atoms with Gasteiger partial charge in [-0.2, -0.15) is 11.3 Å². The highest BCUT2D eigenvalue weighted by Gasteiger charge is 2.28. The largest absolute Gasteiger partial charge is 0.362 e. The van der Waals surface area contributed by atoms with Crippen LogP contribution in [0, 0.1) is 5.82 Å². The van der Waals surface area contributed by atoms with Gasteiger partial charge in [-0.1, -0.05) is 6.92 Å². The average Bonchev–Trinajstić information content (AvgIpc) is 3.13. The molecule has 0 amide bonds. The molecule has 0 spiro atoms. The van der Waals surface area contributed by atoms with E-state index in [0.717, 1.165) is 43.9 Å². The van der Waals surface area contributed by atoms with Crippen molar-refractivity contribution in [2.24, 2.45) is 0 Å². The summed E-state index contributed by atoms with van der Waals surface area (Å²) in [5, 5.41) is 7.69.